The van der Waals surface area contributed by atoms with E-state index in [1.807, 2.05) is 20.8 Å². The lowest BCUT2D eigenvalue weighted by Gasteiger charge is -2.27. The molecule has 0 aromatic carbocycles. The molecule has 0 aromatic heterocycles. The van der Waals surface area contributed by atoms with Crippen LogP contribution in [0.3, 0.4) is 0 Å². The van der Waals surface area contributed by atoms with Gasteiger partial charge in [0.2, 0.25) is 0 Å². The predicted octanol–water partition coefficient (Wildman–Crippen LogP) is 4.83. The van der Waals surface area contributed by atoms with Crippen molar-refractivity contribution < 1.29 is 14.3 Å². The van der Waals surface area contributed by atoms with Gasteiger partial charge in [0.15, 0.2) is 6.61 Å². The van der Waals surface area contributed by atoms with E-state index in [-0.39, 0.29) is 21.3 Å². The van der Waals surface area contributed by atoms with Crippen LogP contribution in [0.1, 0.15) is 41.5 Å². The Bertz CT molecular complexity index is 467. The van der Waals surface area contributed by atoms with Crippen molar-refractivity contribution in [2.75, 3.05) is 19.4 Å². The van der Waals surface area contributed by atoms with Crippen molar-refractivity contribution in [2.24, 2.45) is 0 Å². The van der Waals surface area contributed by atoms with Gasteiger partial charge in [-0.25, -0.2) is 4.79 Å². The summed E-state index contributed by atoms with van der Waals surface area (Å²) in [4.78, 5) is 25.9. The van der Waals surface area contributed by atoms with Crippen LogP contribution in [0.4, 0.5) is 4.79 Å². The number of rotatable bonds is 7. The number of nitrogens with zero attached hydrogens (tertiary/aromatic N) is 2. The van der Waals surface area contributed by atoms with E-state index in [2.05, 4.69) is 20.8 Å². The van der Waals surface area contributed by atoms with Crippen LogP contribution in [0.2, 0.25) is 0 Å². The molecular weight excluding hydrogens is 384 g/mol. The van der Waals surface area contributed by atoms with E-state index in [4.69, 9.17) is 10.00 Å². The van der Waals surface area contributed by atoms with Gasteiger partial charge < -0.3 is 9.64 Å². The molecule has 0 heterocycles. The molecule has 0 aliphatic rings. The van der Waals surface area contributed by atoms with E-state index in [9.17, 15) is 9.59 Å². The molecule has 0 rings (SSSR count). The zero-order chi connectivity index (χ0) is 19.0. The third-order valence-electron chi connectivity index (χ3n) is 2.20. The van der Waals surface area contributed by atoms with Gasteiger partial charge in [0.25, 0.3) is 5.24 Å². The van der Waals surface area contributed by atoms with Gasteiger partial charge in [0.05, 0.1) is 0 Å². The minimum Gasteiger partial charge on any atom is -0.449 e. The Hall–Kier alpha value is -0.170. The summed E-state index contributed by atoms with van der Waals surface area (Å²) in [6, 6.07) is 1.07. The van der Waals surface area contributed by atoms with Crippen molar-refractivity contribution >= 4 is 54.4 Å². The van der Waals surface area contributed by atoms with Crippen LogP contribution < -0.4 is 0 Å². The van der Waals surface area contributed by atoms with Crippen molar-refractivity contribution in [1.82, 2.24) is 4.90 Å². The van der Waals surface area contributed by atoms with Gasteiger partial charge >= 0.3 is 5.97 Å². The van der Waals surface area contributed by atoms with E-state index in [1.165, 1.54) is 26.5 Å². The van der Waals surface area contributed by atoms with Gasteiger partial charge in [-0.15, -0.1) is 0 Å². The molecule has 1 amide bonds. The van der Waals surface area contributed by atoms with Crippen LogP contribution in [-0.4, -0.2) is 51.1 Å². The highest BCUT2D eigenvalue weighted by molar-refractivity contribution is 8.82. The number of ether oxygens (including phenoxy) is 1. The van der Waals surface area contributed by atoms with E-state index in [0.29, 0.717) is 5.75 Å². The molecule has 0 bridgehead atoms. The molecule has 0 saturated carbocycles. The van der Waals surface area contributed by atoms with Gasteiger partial charge in [0.1, 0.15) is 12.1 Å². The third-order valence-corrected chi connectivity index (χ3v) is 8.73. The van der Waals surface area contributed by atoms with Crippen LogP contribution in [0.25, 0.3) is 0 Å². The predicted molar refractivity (Wildman–Crippen MR) is 108 cm³/mol. The molecular formula is C15H26N2O3S4. The van der Waals surface area contributed by atoms with Gasteiger partial charge in [-0.3, -0.25) is 4.79 Å². The Morgan fingerprint density at radius 3 is 2.12 bits per heavy atom. The highest BCUT2D eigenvalue weighted by Crippen LogP contribution is 2.38. The van der Waals surface area contributed by atoms with E-state index >= 15 is 0 Å². The topological polar surface area (TPSA) is 70.4 Å². The van der Waals surface area contributed by atoms with Crippen molar-refractivity contribution in [3.8, 4) is 6.07 Å². The largest absolute Gasteiger partial charge is 0.449 e. The molecule has 0 aromatic rings. The van der Waals surface area contributed by atoms with E-state index in [1.54, 1.807) is 23.9 Å². The molecule has 0 N–H and O–H groups in total. The van der Waals surface area contributed by atoms with E-state index in [0.717, 1.165) is 10.8 Å². The number of amides is 1. The van der Waals surface area contributed by atoms with Crippen molar-refractivity contribution in [2.45, 2.75) is 57.1 Å². The fraction of sp³-hybridized carbons (Fsp3) is 0.800. The van der Waals surface area contributed by atoms with Crippen LogP contribution >= 0.6 is 43.2 Å². The lowest BCUT2D eigenvalue weighted by molar-refractivity contribution is -0.146. The minimum absolute atomic E-state index is 0.0468. The summed E-state index contributed by atoms with van der Waals surface area (Å²) >= 11 is 0. The van der Waals surface area contributed by atoms with Crippen LogP contribution in [0.5, 0.6) is 0 Å². The lowest BCUT2D eigenvalue weighted by Crippen LogP contribution is -2.43. The summed E-state index contributed by atoms with van der Waals surface area (Å²) in [7, 11) is 7.33. The maximum Gasteiger partial charge on any atom is 0.330 e. The molecule has 0 spiro atoms. The first-order chi connectivity index (χ1) is 10.9. The molecule has 0 radical (unpaired) electrons. The first-order valence-electron chi connectivity index (χ1n) is 7.34. The number of esters is 1. The monoisotopic (exact) mass is 410 g/mol. The smallest absolute Gasteiger partial charge is 0.330 e. The van der Waals surface area contributed by atoms with Crippen LogP contribution in [0.15, 0.2) is 0 Å². The quantitative estimate of drug-likeness (QED) is 0.436. The Morgan fingerprint density at radius 1 is 1.12 bits per heavy atom. The zero-order valence-corrected chi connectivity index (χ0v) is 18.5. The van der Waals surface area contributed by atoms with Crippen molar-refractivity contribution in [3.63, 3.8) is 0 Å². The van der Waals surface area contributed by atoms with Gasteiger partial charge in [-0.1, -0.05) is 73.9 Å². The normalized spacial score (nSPS) is 13.1. The summed E-state index contributed by atoms with van der Waals surface area (Å²) in [5.74, 6) is -0.134. The van der Waals surface area contributed by atoms with Gasteiger partial charge in [-0.2, -0.15) is 5.26 Å². The highest BCUT2D eigenvalue weighted by atomic mass is 33.1. The molecule has 0 aliphatic heterocycles. The van der Waals surface area contributed by atoms with Crippen molar-refractivity contribution in [3.05, 3.63) is 0 Å². The maximum absolute atomic E-state index is 12.3. The van der Waals surface area contributed by atoms with Crippen molar-refractivity contribution in [1.29, 1.82) is 5.26 Å². The molecule has 138 valence electrons. The van der Waals surface area contributed by atoms with Crippen LogP contribution in [0, 0.1) is 11.3 Å². The summed E-state index contributed by atoms with van der Waals surface area (Å²) in [5.41, 5.74) is 0. The molecule has 24 heavy (non-hydrogen) atoms. The standard InChI is InChI=1S/C15H26N2O3S4/c1-14(2,3)23-21-10-11(12(18)20-9-8-16)17(7)13(19)22-24-15(4,5)6/h11H,9-10H2,1-7H3/t11-/m0/s1. The minimum atomic E-state index is -0.709. The fourth-order valence-electron chi connectivity index (χ4n) is 1.16. The Labute approximate surface area is 161 Å². The second-order valence-electron chi connectivity index (χ2n) is 6.92. The number of hydrogen-bond acceptors (Lipinski definition) is 8. The molecule has 5 nitrogen and oxygen atoms in total. The van der Waals surface area contributed by atoms with E-state index < -0.39 is 12.0 Å². The molecule has 1 atom stereocenters. The van der Waals surface area contributed by atoms with Gasteiger partial charge in [-0.05, 0) is 0 Å². The first-order valence-corrected chi connectivity index (χ1v) is 11.8. The Kier molecular flexibility index (Phi) is 10.7. The summed E-state index contributed by atoms with van der Waals surface area (Å²) in [5, 5.41) is 8.38. The first kappa shape index (κ1) is 23.8. The SMILES string of the molecule is CN(C(=O)SSC(C)(C)C)[C@@H](CSSC(C)(C)C)C(=O)OCC#N. The number of carbonyl (C=O) groups excluding carboxylic acids is 2. The van der Waals surface area contributed by atoms with Gasteiger partial charge in [0, 0.05) is 33.1 Å². The maximum atomic E-state index is 12.3. The molecule has 9 heteroatoms. The number of nitriles is 1. The molecule has 0 saturated heterocycles. The zero-order valence-electron chi connectivity index (χ0n) is 15.2. The fourth-order valence-corrected chi connectivity index (χ4v) is 5.60. The lowest BCUT2D eigenvalue weighted by atomic mass is 10.3. The average Bonchev–Trinajstić information content (AvgIpc) is 2.44. The second-order valence-corrected chi connectivity index (χ2v) is 13.0. The highest BCUT2D eigenvalue weighted by Gasteiger charge is 2.30. The van der Waals surface area contributed by atoms with Crippen LogP contribution in [-0.2, 0) is 9.53 Å². The number of likely N-dealkylation sites (N-methyl/N-ethyl adjacent to an activating group) is 1. The second kappa shape index (κ2) is 10.7. The summed E-state index contributed by atoms with van der Waals surface area (Å²) in [6.45, 7) is 12.0. The summed E-state index contributed by atoms with van der Waals surface area (Å²) in [6.07, 6.45) is 0. The average molecular weight is 411 g/mol. The molecule has 0 fully saturated rings. The number of carbonyl (C=O) groups is 2. The number of hydrogen-bond donors (Lipinski definition) is 0. The molecule has 0 unspecified atom stereocenters. The Morgan fingerprint density at radius 2 is 1.67 bits per heavy atom. The third kappa shape index (κ3) is 11.4. The summed E-state index contributed by atoms with van der Waals surface area (Å²) < 4.78 is 4.91. The Balaban J connectivity index is 4.85. The molecule has 0 aliphatic carbocycles.